The maximum atomic E-state index is 14.5. The number of carbonyl (C=O) groups is 7. The lowest BCUT2D eigenvalue weighted by molar-refractivity contribution is -0.138. The number of primary amides is 1. The van der Waals surface area contributed by atoms with E-state index < -0.39 is 65.5 Å². The Bertz CT molecular complexity index is 2460. The molecule has 1 aliphatic rings. The van der Waals surface area contributed by atoms with Crippen LogP contribution < -0.4 is 31.7 Å². The number of likely N-dealkylation sites (N-methyl/N-ethyl adjacent to an activating group) is 1. The zero-order valence-electron chi connectivity index (χ0n) is 35.2. The molecule has 1 aliphatic heterocycles. The van der Waals surface area contributed by atoms with E-state index >= 15 is 0 Å². The Morgan fingerprint density at radius 1 is 0.825 bits per heavy atom. The van der Waals surface area contributed by atoms with E-state index in [1.165, 1.54) is 36.2 Å². The third kappa shape index (κ3) is 12.0. The first-order valence-electron chi connectivity index (χ1n) is 20.5. The molecule has 0 unspecified atom stereocenters. The molecule has 6 N–H and O–H groups in total. The molecule has 16 heteroatoms. The summed E-state index contributed by atoms with van der Waals surface area (Å²) in [6.07, 6.45) is -0.931. The Hall–Kier alpha value is -7.62. The van der Waals surface area contributed by atoms with E-state index in [9.17, 15) is 33.6 Å². The normalized spacial score (nSPS) is 15.4. The number of hydrogen-bond acceptors (Lipinski definition) is 9. The summed E-state index contributed by atoms with van der Waals surface area (Å²) >= 11 is 0. The first-order chi connectivity index (χ1) is 30.3. The predicted octanol–water partition coefficient (Wildman–Crippen LogP) is 3.03. The molecule has 0 saturated carbocycles. The molecular formula is C47H50N8O8. The van der Waals surface area contributed by atoms with Gasteiger partial charge in [-0.25, -0.2) is 0 Å². The topological polar surface area (TPSA) is 224 Å². The van der Waals surface area contributed by atoms with Gasteiger partial charge >= 0.3 is 0 Å². The van der Waals surface area contributed by atoms with Crippen molar-refractivity contribution in [3.8, 4) is 16.9 Å². The van der Waals surface area contributed by atoms with Gasteiger partial charge in [0, 0.05) is 50.3 Å². The number of rotatable bonds is 18. The molecular weight excluding hydrogens is 805 g/mol. The lowest BCUT2D eigenvalue weighted by Crippen LogP contribution is -2.53. The van der Waals surface area contributed by atoms with Crippen LogP contribution in [0.25, 0.3) is 11.1 Å². The Kier molecular flexibility index (Phi) is 14.8. The Balaban J connectivity index is 1.21. The van der Waals surface area contributed by atoms with Crippen molar-refractivity contribution in [2.75, 3.05) is 18.9 Å². The lowest BCUT2D eigenvalue weighted by atomic mass is 9.99. The van der Waals surface area contributed by atoms with Crippen LogP contribution in [0.2, 0.25) is 0 Å². The van der Waals surface area contributed by atoms with Crippen LogP contribution in [0.1, 0.15) is 46.6 Å². The average Bonchev–Trinajstić information content (AvgIpc) is 3.85. The first kappa shape index (κ1) is 44.9. The van der Waals surface area contributed by atoms with Crippen LogP contribution in [0.15, 0.2) is 115 Å². The maximum Gasteiger partial charge on any atom is 0.287 e. The van der Waals surface area contributed by atoms with E-state index in [1.807, 2.05) is 72.8 Å². The molecule has 1 aromatic heterocycles. The highest BCUT2D eigenvalue weighted by atomic mass is 16.5. The molecule has 63 heavy (non-hydrogen) atoms. The van der Waals surface area contributed by atoms with Crippen LogP contribution >= 0.6 is 0 Å². The van der Waals surface area contributed by atoms with Gasteiger partial charge in [-0.2, -0.15) is 5.10 Å². The first-order valence-corrected chi connectivity index (χ1v) is 20.5. The fourth-order valence-corrected chi connectivity index (χ4v) is 7.43. The summed E-state index contributed by atoms with van der Waals surface area (Å²) in [4.78, 5) is 93.8. The molecule has 4 atom stereocenters. The molecule has 0 radical (unpaired) electrons. The maximum absolute atomic E-state index is 14.5. The number of likely N-dealkylation sites (tertiary alicyclic amines) is 1. The van der Waals surface area contributed by atoms with Crippen molar-refractivity contribution < 1.29 is 38.3 Å². The summed E-state index contributed by atoms with van der Waals surface area (Å²) in [7, 11) is 3.00. The Morgan fingerprint density at radius 3 is 2.16 bits per heavy atom. The Morgan fingerprint density at radius 2 is 1.51 bits per heavy atom. The van der Waals surface area contributed by atoms with Crippen LogP contribution in [-0.4, -0.2) is 93.7 Å². The highest BCUT2D eigenvalue weighted by molar-refractivity contribution is 6.36. The molecule has 326 valence electrons. The van der Waals surface area contributed by atoms with Crippen molar-refractivity contribution in [1.82, 2.24) is 30.6 Å². The second-order valence-electron chi connectivity index (χ2n) is 15.3. The van der Waals surface area contributed by atoms with Gasteiger partial charge in [-0.1, -0.05) is 78.9 Å². The van der Waals surface area contributed by atoms with E-state index in [0.29, 0.717) is 17.1 Å². The number of aryl methyl sites for hydroxylation is 2. The van der Waals surface area contributed by atoms with E-state index in [2.05, 4.69) is 26.4 Å². The minimum Gasteiger partial charge on any atom is -0.488 e. The number of carbonyl (C=O) groups excluding carboxylic acids is 7. The number of ketones is 1. The molecule has 6 rings (SSSR count). The van der Waals surface area contributed by atoms with Crippen LogP contribution in [0.4, 0.5) is 5.69 Å². The van der Waals surface area contributed by atoms with E-state index in [1.54, 1.807) is 36.9 Å². The molecule has 0 bridgehead atoms. The van der Waals surface area contributed by atoms with Crippen molar-refractivity contribution in [2.24, 2.45) is 12.8 Å². The quantitative estimate of drug-likeness (QED) is 0.0817. The second kappa shape index (κ2) is 20.8. The number of benzene rings is 4. The minimum absolute atomic E-state index is 0.0519. The number of hydrogen-bond donors (Lipinski definition) is 5. The summed E-state index contributed by atoms with van der Waals surface area (Å²) in [6.45, 7) is 1.83. The van der Waals surface area contributed by atoms with Crippen LogP contribution in [-0.2, 0) is 48.7 Å². The monoisotopic (exact) mass is 854 g/mol. The van der Waals surface area contributed by atoms with Gasteiger partial charge in [0.15, 0.2) is 0 Å². The molecule has 0 spiro atoms. The highest BCUT2D eigenvalue weighted by Crippen LogP contribution is 2.26. The van der Waals surface area contributed by atoms with E-state index in [4.69, 9.17) is 10.5 Å². The number of ether oxygens (including phenoxy) is 1. The van der Waals surface area contributed by atoms with Gasteiger partial charge in [0.05, 0.1) is 18.7 Å². The summed E-state index contributed by atoms with van der Waals surface area (Å²) in [5, 5.41) is 14.7. The van der Waals surface area contributed by atoms with Gasteiger partial charge in [-0.3, -0.25) is 38.2 Å². The van der Waals surface area contributed by atoms with Crippen molar-refractivity contribution in [3.63, 3.8) is 0 Å². The van der Waals surface area contributed by atoms with Crippen LogP contribution in [0.3, 0.4) is 0 Å². The van der Waals surface area contributed by atoms with Crippen molar-refractivity contribution in [3.05, 3.63) is 138 Å². The molecule has 5 aromatic rings. The molecule has 1 fully saturated rings. The standard InChI is InChI=1S/C47H50N8O8/c1-29-23-35(54(3)53-29)26-42(57)51-38(21-22-41(56)46(61)49-2)45(60)50-34-14-10-13-33(25-34)44(59)52-39(24-30-17-19-32(20-18-30)31-11-6-4-7-12-31)47(62)55-28-37(27-40(55)43(48)58)63-36-15-8-5-9-16-36/h4-20,23,25,37-40H,21-22,24,26-28H2,1-3H3,(H2,48,58)(H,49,61)(H,50,60)(H,51,57)(H,52,59)/t37-,38+,39+,40+/m1/s1. The van der Waals surface area contributed by atoms with Gasteiger partial charge in [0.25, 0.3) is 11.8 Å². The van der Waals surface area contributed by atoms with Gasteiger partial charge in [-0.15, -0.1) is 0 Å². The average molecular weight is 855 g/mol. The largest absolute Gasteiger partial charge is 0.488 e. The fourth-order valence-electron chi connectivity index (χ4n) is 7.43. The SMILES string of the molecule is CNC(=O)C(=O)CC[C@H](NC(=O)Cc1cc(C)nn1C)C(=O)Nc1cccc(C(=O)N[C@@H](Cc2ccc(-c3ccccc3)cc2)C(=O)N2C[C@H](Oc3ccccc3)C[C@H]2C(N)=O)c1. The lowest BCUT2D eigenvalue weighted by Gasteiger charge is -2.28. The van der Waals surface area contributed by atoms with Gasteiger partial charge < -0.3 is 36.6 Å². The van der Waals surface area contributed by atoms with E-state index in [-0.39, 0.29) is 49.9 Å². The number of para-hydroxylation sites is 1. The summed E-state index contributed by atoms with van der Waals surface area (Å²) in [5.41, 5.74) is 10.1. The number of nitrogens with zero attached hydrogens (tertiary/aromatic N) is 3. The molecule has 2 heterocycles. The highest BCUT2D eigenvalue weighted by Gasteiger charge is 2.42. The number of amides is 6. The van der Waals surface area contributed by atoms with Gasteiger partial charge in [0.1, 0.15) is 30.0 Å². The Labute approximate surface area is 364 Å². The second-order valence-corrected chi connectivity index (χ2v) is 15.3. The number of aromatic nitrogens is 2. The predicted molar refractivity (Wildman–Crippen MR) is 234 cm³/mol. The third-order valence-electron chi connectivity index (χ3n) is 10.6. The van der Waals surface area contributed by atoms with Crippen molar-refractivity contribution in [1.29, 1.82) is 0 Å². The fraction of sp³-hybridized carbons (Fsp3) is 0.277. The number of anilines is 1. The summed E-state index contributed by atoms with van der Waals surface area (Å²) < 4.78 is 7.66. The molecule has 4 aromatic carbocycles. The number of nitrogens with two attached hydrogens (primary N) is 1. The summed E-state index contributed by atoms with van der Waals surface area (Å²) in [5.74, 6) is -4.13. The zero-order chi connectivity index (χ0) is 45.0. The van der Waals surface area contributed by atoms with Crippen LogP contribution in [0, 0.1) is 6.92 Å². The third-order valence-corrected chi connectivity index (χ3v) is 10.6. The minimum atomic E-state index is -1.23. The smallest absolute Gasteiger partial charge is 0.287 e. The van der Waals surface area contributed by atoms with Crippen LogP contribution in [0.5, 0.6) is 5.75 Å². The van der Waals surface area contributed by atoms with E-state index in [0.717, 1.165) is 16.7 Å². The number of nitrogens with one attached hydrogen (secondary N) is 4. The van der Waals surface area contributed by atoms with Crippen molar-refractivity contribution in [2.45, 2.75) is 63.3 Å². The number of Topliss-reactive ketones (excluding diaryl/α,β-unsaturated/α-hetero) is 1. The molecule has 0 aliphatic carbocycles. The molecule has 1 saturated heterocycles. The molecule has 16 nitrogen and oxygen atoms in total. The zero-order valence-corrected chi connectivity index (χ0v) is 35.2. The van der Waals surface area contributed by atoms with Crippen molar-refractivity contribution >= 4 is 46.9 Å². The summed E-state index contributed by atoms with van der Waals surface area (Å²) in [6, 6.07) is 30.7. The van der Waals surface area contributed by atoms with Gasteiger partial charge in [-0.05, 0) is 66.4 Å². The van der Waals surface area contributed by atoms with Gasteiger partial charge in [0.2, 0.25) is 29.4 Å². The molecule has 6 amide bonds.